The van der Waals surface area contributed by atoms with E-state index in [1.165, 1.54) is 20.9 Å². The lowest BCUT2D eigenvalue weighted by molar-refractivity contribution is 0.197. The summed E-state index contributed by atoms with van der Waals surface area (Å²) in [5.41, 5.74) is 8.08. The highest BCUT2D eigenvalue weighted by molar-refractivity contribution is 7.15. The minimum atomic E-state index is 0. The van der Waals surface area contributed by atoms with Crippen LogP contribution in [0.15, 0.2) is 40.9 Å². The van der Waals surface area contributed by atoms with E-state index >= 15 is 0 Å². The zero-order valence-corrected chi connectivity index (χ0v) is 16.9. The smallest absolute Gasteiger partial charge is 0.240 e. The summed E-state index contributed by atoms with van der Waals surface area (Å²) in [5, 5.41) is 4.01. The first-order valence-electron chi connectivity index (χ1n) is 8.46. The summed E-state index contributed by atoms with van der Waals surface area (Å²) in [6, 6.07) is 13.4. The van der Waals surface area contributed by atoms with E-state index < -0.39 is 0 Å². The van der Waals surface area contributed by atoms with Crippen molar-refractivity contribution in [3.05, 3.63) is 58.6 Å². The Kier molecular flexibility index (Phi) is 7.34. The van der Waals surface area contributed by atoms with Gasteiger partial charge in [-0.3, -0.25) is 4.90 Å². The van der Waals surface area contributed by atoms with Gasteiger partial charge in [0.15, 0.2) is 5.82 Å². The Morgan fingerprint density at radius 1 is 1.12 bits per heavy atom. The molecule has 2 N–H and O–H groups in total. The number of nitrogens with two attached hydrogens (primary N) is 1. The maximum absolute atomic E-state index is 5.54. The van der Waals surface area contributed by atoms with E-state index in [1.807, 2.05) is 11.3 Å². The fourth-order valence-electron chi connectivity index (χ4n) is 2.58. The van der Waals surface area contributed by atoms with Crippen molar-refractivity contribution in [2.24, 2.45) is 5.73 Å². The fraction of sp³-hybridized carbons (Fsp3) is 0.368. The first-order valence-corrected chi connectivity index (χ1v) is 9.28. The van der Waals surface area contributed by atoms with Gasteiger partial charge in [0, 0.05) is 22.3 Å². The molecule has 7 heteroatoms. The summed E-state index contributed by atoms with van der Waals surface area (Å²) in [5.74, 6) is 1.17. The lowest BCUT2D eigenvalue weighted by Crippen LogP contribution is -2.30. The van der Waals surface area contributed by atoms with Crippen molar-refractivity contribution in [3.8, 4) is 10.4 Å². The average molecular weight is 393 g/mol. The molecule has 0 saturated carbocycles. The Morgan fingerprint density at radius 3 is 2.46 bits per heavy atom. The second-order valence-corrected chi connectivity index (χ2v) is 7.61. The summed E-state index contributed by atoms with van der Waals surface area (Å²) >= 11 is 1.83. The number of aryl methyl sites for hydroxylation is 1. The summed E-state index contributed by atoms with van der Waals surface area (Å²) < 4.78 is 5.11. The minimum Gasteiger partial charge on any atom is -0.338 e. The van der Waals surface area contributed by atoms with Gasteiger partial charge in [0.1, 0.15) is 0 Å². The van der Waals surface area contributed by atoms with Crippen molar-refractivity contribution in [2.45, 2.75) is 46.4 Å². The summed E-state index contributed by atoms with van der Waals surface area (Å²) in [7, 11) is 0. The van der Waals surface area contributed by atoms with Crippen molar-refractivity contribution in [1.29, 1.82) is 0 Å². The van der Waals surface area contributed by atoms with Gasteiger partial charge in [-0.25, -0.2) is 0 Å². The van der Waals surface area contributed by atoms with E-state index in [0.29, 0.717) is 24.3 Å². The molecule has 0 fully saturated rings. The zero-order valence-electron chi connectivity index (χ0n) is 15.3. The second kappa shape index (κ2) is 9.28. The molecule has 0 radical (unpaired) electrons. The Morgan fingerprint density at radius 2 is 1.85 bits per heavy atom. The lowest BCUT2D eigenvalue weighted by atomic mass is 10.1. The fourth-order valence-corrected chi connectivity index (χ4v) is 3.61. The Bertz CT molecular complexity index is 813. The van der Waals surface area contributed by atoms with Gasteiger partial charge in [-0.2, -0.15) is 4.98 Å². The van der Waals surface area contributed by atoms with E-state index in [2.05, 4.69) is 72.2 Å². The molecule has 1 aromatic carbocycles. The third kappa shape index (κ3) is 5.14. The van der Waals surface area contributed by atoms with Crippen LogP contribution in [-0.2, 0) is 19.6 Å². The van der Waals surface area contributed by atoms with Crippen LogP contribution in [0.1, 0.15) is 36.0 Å². The van der Waals surface area contributed by atoms with Crippen molar-refractivity contribution >= 4 is 23.7 Å². The van der Waals surface area contributed by atoms with E-state index in [1.54, 1.807) is 0 Å². The molecule has 0 aliphatic carbocycles. The van der Waals surface area contributed by atoms with Crippen molar-refractivity contribution in [2.75, 3.05) is 0 Å². The quantitative estimate of drug-likeness (QED) is 0.645. The molecule has 2 heterocycles. The van der Waals surface area contributed by atoms with Gasteiger partial charge in [0.05, 0.1) is 13.1 Å². The van der Waals surface area contributed by atoms with Gasteiger partial charge in [0.25, 0.3) is 0 Å². The van der Waals surface area contributed by atoms with Gasteiger partial charge >= 0.3 is 0 Å². The highest BCUT2D eigenvalue weighted by atomic mass is 35.5. The number of benzene rings is 1. The van der Waals surface area contributed by atoms with E-state index in [4.69, 9.17) is 10.3 Å². The molecule has 2 aromatic heterocycles. The molecule has 3 aromatic rings. The molecule has 0 spiro atoms. The summed E-state index contributed by atoms with van der Waals surface area (Å²) in [6.45, 7) is 8.26. The number of thiophene rings is 1. The number of nitrogens with zero attached hydrogens (tertiary/aromatic N) is 3. The van der Waals surface area contributed by atoms with Crippen LogP contribution in [0.5, 0.6) is 0 Å². The lowest BCUT2D eigenvalue weighted by Gasteiger charge is -2.24. The zero-order chi connectivity index (χ0) is 17.8. The molecule has 0 unspecified atom stereocenters. The Balaban J connectivity index is 0.00000243. The van der Waals surface area contributed by atoms with Gasteiger partial charge in [-0.1, -0.05) is 35.0 Å². The molecule has 0 aliphatic heterocycles. The molecule has 3 rings (SSSR count). The third-order valence-corrected chi connectivity index (χ3v) is 5.24. The predicted molar refractivity (Wildman–Crippen MR) is 108 cm³/mol. The van der Waals surface area contributed by atoms with Crippen LogP contribution >= 0.6 is 23.7 Å². The summed E-state index contributed by atoms with van der Waals surface area (Å²) in [4.78, 5) is 9.26. The third-order valence-electron chi connectivity index (χ3n) is 4.12. The molecule has 26 heavy (non-hydrogen) atoms. The van der Waals surface area contributed by atoms with E-state index in [-0.39, 0.29) is 19.0 Å². The number of hydrogen-bond donors (Lipinski definition) is 1. The maximum Gasteiger partial charge on any atom is 0.240 e. The van der Waals surface area contributed by atoms with Crippen LogP contribution < -0.4 is 5.73 Å². The molecule has 0 atom stereocenters. The highest BCUT2D eigenvalue weighted by Gasteiger charge is 2.16. The highest BCUT2D eigenvalue weighted by Crippen LogP contribution is 2.29. The monoisotopic (exact) mass is 392 g/mol. The van der Waals surface area contributed by atoms with Crippen LogP contribution in [0.4, 0.5) is 0 Å². The Hall–Kier alpha value is -1.73. The van der Waals surface area contributed by atoms with E-state index in [9.17, 15) is 0 Å². The Labute approximate surface area is 164 Å². The van der Waals surface area contributed by atoms with Crippen molar-refractivity contribution in [3.63, 3.8) is 0 Å². The molecule has 5 nitrogen and oxygen atoms in total. The van der Waals surface area contributed by atoms with Crippen molar-refractivity contribution in [1.82, 2.24) is 15.0 Å². The molecular weight excluding hydrogens is 368 g/mol. The maximum atomic E-state index is 5.54. The SMILES string of the molecule is Cc1ccc(-c2ccc(CN(Cc3noc(CN)n3)C(C)C)s2)cc1.Cl. The molecule has 0 amide bonds. The predicted octanol–water partition coefficient (Wildman–Crippen LogP) is 4.40. The topological polar surface area (TPSA) is 68.2 Å². The van der Waals surface area contributed by atoms with E-state index in [0.717, 1.165) is 6.54 Å². The molecule has 0 aliphatic rings. The van der Waals surface area contributed by atoms with Crippen molar-refractivity contribution < 1.29 is 4.52 Å². The average Bonchev–Trinajstić information content (AvgIpc) is 3.24. The first-order chi connectivity index (χ1) is 12.0. The number of hydrogen-bond acceptors (Lipinski definition) is 6. The summed E-state index contributed by atoms with van der Waals surface area (Å²) in [6.07, 6.45) is 0. The van der Waals surface area contributed by atoms with Crippen LogP contribution in [0.3, 0.4) is 0 Å². The number of aromatic nitrogens is 2. The standard InChI is InChI=1S/C19H24N4OS.ClH/c1-13(2)23(12-18-21-19(10-20)24-22-18)11-16-8-9-17(25-16)15-6-4-14(3)5-7-15;/h4-9,13H,10-12,20H2,1-3H3;1H. The van der Waals surface area contributed by atoms with Gasteiger partial charge < -0.3 is 10.3 Å². The van der Waals surface area contributed by atoms with Gasteiger partial charge in [-0.05, 0) is 38.5 Å². The minimum absolute atomic E-state index is 0. The normalized spacial score (nSPS) is 11.2. The molecule has 0 saturated heterocycles. The van der Waals surface area contributed by atoms with Gasteiger partial charge in [0.2, 0.25) is 5.89 Å². The molecular formula is C19H25ClN4OS. The van der Waals surface area contributed by atoms with Gasteiger partial charge in [-0.15, -0.1) is 23.7 Å². The number of halogens is 1. The molecule has 140 valence electrons. The van der Waals surface area contributed by atoms with Crippen LogP contribution in [-0.4, -0.2) is 21.1 Å². The second-order valence-electron chi connectivity index (χ2n) is 6.44. The largest absolute Gasteiger partial charge is 0.338 e. The van der Waals surface area contributed by atoms with Crippen LogP contribution in [0.2, 0.25) is 0 Å². The first kappa shape index (κ1) is 20.6. The van der Waals surface area contributed by atoms with Crippen LogP contribution in [0, 0.1) is 6.92 Å². The molecule has 0 bridgehead atoms. The van der Waals surface area contributed by atoms with Crippen LogP contribution in [0.25, 0.3) is 10.4 Å². The number of rotatable bonds is 7.